The van der Waals surface area contributed by atoms with Crippen molar-refractivity contribution in [1.29, 1.82) is 0 Å². The average molecular weight is 736 g/mol. The van der Waals surface area contributed by atoms with Gasteiger partial charge in [-0.2, -0.15) is 0 Å². The predicted octanol–water partition coefficient (Wildman–Crippen LogP) is 8.57. The topological polar surface area (TPSA) is 154 Å². The number of unbranched alkanes of at least 4 members (excludes halogenated alkanes) is 1. The Morgan fingerprint density at radius 1 is 0.833 bits per heavy atom. The summed E-state index contributed by atoms with van der Waals surface area (Å²) in [5.41, 5.74) is 5.67. The second-order valence-corrected chi connectivity index (χ2v) is 14.5. The molecule has 12 heteroatoms. The van der Waals surface area contributed by atoms with Crippen molar-refractivity contribution in [3.8, 4) is 33.6 Å². The number of aromatic amines is 2. The summed E-state index contributed by atoms with van der Waals surface area (Å²) >= 11 is 0. The van der Waals surface area contributed by atoms with Crippen LogP contribution in [0.25, 0.3) is 44.4 Å². The lowest BCUT2D eigenvalue weighted by atomic mass is 9.98. The van der Waals surface area contributed by atoms with E-state index in [0.717, 1.165) is 88.2 Å². The Balaban J connectivity index is 0.00000181. The van der Waals surface area contributed by atoms with Gasteiger partial charge in [0.2, 0.25) is 5.91 Å². The molecule has 0 bridgehead atoms. The number of aromatic nitrogens is 4. The molecule has 1 fully saturated rings. The standard InChI is InChI=1S/C39H45N7O5.C3H8/c1-39(2,3)51-38(49)46-19-7-8-33(46)36-42-23-31(45-36)26-12-10-25(11-13-26)27-14-15-29-21-30(17-16-28(29)20-27)32-22-41-34(44-32)9-5-6-18-40-35(47)24-43-37(48)50-4;1-3-2/h10-17,20-23,33H,5-9,18-19,24H2,1-4H3,(H,40,47)(H,41,44)(H,42,45)(H,43,48);3H2,1-2H3. The molecular weight excluding hydrogens is 683 g/mol. The Morgan fingerprint density at radius 2 is 1.46 bits per heavy atom. The number of hydrogen-bond donors (Lipinski definition) is 4. The number of carbonyl (C=O) groups excluding carboxylic acids is 3. The van der Waals surface area contributed by atoms with E-state index < -0.39 is 11.7 Å². The van der Waals surface area contributed by atoms with Gasteiger partial charge in [-0.05, 0) is 86.1 Å². The predicted molar refractivity (Wildman–Crippen MR) is 212 cm³/mol. The number of likely N-dealkylation sites (tertiary alicyclic amines) is 1. The molecule has 6 rings (SSSR count). The fourth-order valence-corrected chi connectivity index (χ4v) is 6.25. The van der Waals surface area contributed by atoms with Crippen LogP contribution in [-0.4, -0.2) is 75.3 Å². The third-order valence-corrected chi connectivity index (χ3v) is 8.84. The molecule has 5 aromatic rings. The number of nitrogens with one attached hydrogen (secondary N) is 4. The van der Waals surface area contributed by atoms with Crippen LogP contribution in [0.2, 0.25) is 0 Å². The zero-order valence-corrected chi connectivity index (χ0v) is 32.3. The smallest absolute Gasteiger partial charge is 0.410 e. The Labute approximate surface area is 317 Å². The number of aryl methyl sites for hydroxylation is 1. The van der Waals surface area contributed by atoms with Crippen LogP contribution in [0.3, 0.4) is 0 Å². The van der Waals surface area contributed by atoms with Gasteiger partial charge in [0.25, 0.3) is 0 Å². The van der Waals surface area contributed by atoms with Crippen LogP contribution < -0.4 is 10.6 Å². The van der Waals surface area contributed by atoms with Gasteiger partial charge >= 0.3 is 12.2 Å². The Kier molecular flexibility index (Phi) is 13.5. The minimum absolute atomic E-state index is 0.108. The number of imidazole rings is 2. The van der Waals surface area contributed by atoms with Crippen LogP contribution in [0, 0.1) is 0 Å². The molecule has 54 heavy (non-hydrogen) atoms. The molecule has 2 aromatic heterocycles. The van der Waals surface area contributed by atoms with Gasteiger partial charge < -0.3 is 30.1 Å². The number of carbonyl (C=O) groups is 3. The van der Waals surface area contributed by atoms with Crippen molar-refractivity contribution >= 4 is 28.9 Å². The molecule has 4 N–H and O–H groups in total. The zero-order chi connectivity index (χ0) is 38.7. The molecule has 0 saturated carbocycles. The molecule has 1 saturated heterocycles. The molecule has 286 valence electrons. The zero-order valence-electron chi connectivity index (χ0n) is 32.3. The first-order chi connectivity index (χ1) is 26.0. The number of benzene rings is 3. The van der Waals surface area contributed by atoms with E-state index >= 15 is 0 Å². The number of rotatable bonds is 11. The van der Waals surface area contributed by atoms with Crippen LogP contribution in [0.4, 0.5) is 9.59 Å². The van der Waals surface area contributed by atoms with E-state index in [1.807, 2.05) is 33.2 Å². The maximum atomic E-state index is 12.8. The highest BCUT2D eigenvalue weighted by molar-refractivity contribution is 5.90. The molecule has 0 radical (unpaired) electrons. The summed E-state index contributed by atoms with van der Waals surface area (Å²) in [6.45, 7) is 11.0. The van der Waals surface area contributed by atoms with Gasteiger partial charge in [0, 0.05) is 25.1 Å². The van der Waals surface area contributed by atoms with Gasteiger partial charge in [0.05, 0.1) is 43.5 Å². The third-order valence-electron chi connectivity index (χ3n) is 8.84. The van der Waals surface area contributed by atoms with Crippen LogP contribution >= 0.6 is 0 Å². The van der Waals surface area contributed by atoms with E-state index in [4.69, 9.17) is 4.74 Å². The van der Waals surface area contributed by atoms with Crippen LogP contribution in [0.5, 0.6) is 0 Å². The van der Waals surface area contributed by atoms with Crippen molar-refractivity contribution in [1.82, 2.24) is 35.5 Å². The highest BCUT2D eigenvalue weighted by Crippen LogP contribution is 2.34. The molecule has 1 aliphatic heterocycles. The highest BCUT2D eigenvalue weighted by atomic mass is 16.6. The fourth-order valence-electron chi connectivity index (χ4n) is 6.25. The number of ether oxygens (including phenoxy) is 2. The van der Waals surface area contributed by atoms with Crippen LogP contribution in [-0.2, 0) is 20.7 Å². The average Bonchev–Trinajstić information content (AvgIpc) is 3.95. The van der Waals surface area contributed by atoms with Gasteiger partial charge in [0.1, 0.15) is 17.2 Å². The van der Waals surface area contributed by atoms with Crippen molar-refractivity contribution in [2.24, 2.45) is 0 Å². The minimum atomic E-state index is -0.630. The Morgan fingerprint density at radius 3 is 2.17 bits per heavy atom. The summed E-state index contributed by atoms with van der Waals surface area (Å²) in [5, 5.41) is 7.42. The first-order valence-electron chi connectivity index (χ1n) is 18.8. The van der Waals surface area contributed by atoms with Crippen molar-refractivity contribution < 1.29 is 23.9 Å². The van der Waals surface area contributed by atoms with Crippen LogP contribution in [0.15, 0.2) is 73.1 Å². The summed E-state index contributed by atoms with van der Waals surface area (Å²) in [5.74, 6) is 1.43. The lowest BCUT2D eigenvalue weighted by Crippen LogP contribution is -2.37. The third kappa shape index (κ3) is 10.7. The van der Waals surface area contributed by atoms with Crippen molar-refractivity contribution in [2.75, 3.05) is 26.7 Å². The van der Waals surface area contributed by atoms with Gasteiger partial charge in [-0.25, -0.2) is 19.6 Å². The lowest BCUT2D eigenvalue weighted by Gasteiger charge is -2.27. The van der Waals surface area contributed by atoms with Gasteiger partial charge in [-0.15, -0.1) is 0 Å². The van der Waals surface area contributed by atoms with E-state index in [9.17, 15) is 14.4 Å². The van der Waals surface area contributed by atoms with Gasteiger partial charge in [0.15, 0.2) is 0 Å². The summed E-state index contributed by atoms with van der Waals surface area (Å²) < 4.78 is 10.1. The summed E-state index contributed by atoms with van der Waals surface area (Å²) in [6.07, 6.45) is 8.20. The molecule has 3 heterocycles. The number of nitrogens with zero attached hydrogens (tertiary/aromatic N) is 3. The first-order valence-corrected chi connectivity index (χ1v) is 18.8. The molecule has 0 aliphatic carbocycles. The highest BCUT2D eigenvalue weighted by Gasteiger charge is 2.34. The van der Waals surface area contributed by atoms with E-state index in [-0.39, 0.29) is 24.6 Å². The normalized spacial score (nSPS) is 14.0. The number of amides is 3. The molecule has 1 unspecified atom stereocenters. The molecular formula is C42H53N7O5. The maximum Gasteiger partial charge on any atom is 0.410 e. The van der Waals surface area contributed by atoms with Crippen molar-refractivity contribution in [2.45, 2.75) is 84.8 Å². The second kappa shape index (κ2) is 18.4. The summed E-state index contributed by atoms with van der Waals surface area (Å²) in [7, 11) is 1.26. The Bertz CT molecular complexity index is 2010. The van der Waals surface area contributed by atoms with E-state index in [1.165, 1.54) is 13.5 Å². The first kappa shape index (κ1) is 39.6. The van der Waals surface area contributed by atoms with Crippen molar-refractivity contribution in [3.05, 3.63) is 84.7 Å². The van der Waals surface area contributed by atoms with Crippen LogP contribution in [0.1, 0.15) is 84.4 Å². The largest absolute Gasteiger partial charge is 0.453 e. The summed E-state index contributed by atoms with van der Waals surface area (Å²) in [4.78, 5) is 53.5. The molecule has 1 atom stereocenters. The monoisotopic (exact) mass is 735 g/mol. The SMILES string of the molecule is CCC.COC(=O)NCC(=O)NCCCCc1ncc(-c2ccc3cc(-c4ccc(-c5cnc(C6CCCN6C(=O)OC(C)(C)C)[nH]5)cc4)ccc3c2)[nH]1. The number of hydrogen-bond acceptors (Lipinski definition) is 7. The lowest BCUT2D eigenvalue weighted by molar-refractivity contribution is -0.120. The maximum absolute atomic E-state index is 12.8. The van der Waals surface area contributed by atoms with Crippen molar-refractivity contribution in [3.63, 3.8) is 0 Å². The quantitative estimate of drug-likeness (QED) is 0.0991. The van der Waals surface area contributed by atoms with E-state index in [0.29, 0.717) is 13.1 Å². The van der Waals surface area contributed by atoms with E-state index in [1.54, 1.807) is 4.90 Å². The summed E-state index contributed by atoms with van der Waals surface area (Å²) in [6, 6.07) is 21.2. The number of methoxy groups -OCH3 is 1. The fraction of sp³-hybridized carbons (Fsp3) is 0.405. The van der Waals surface area contributed by atoms with Gasteiger partial charge in [-0.1, -0.05) is 68.8 Å². The van der Waals surface area contributed by atoms with E-state index in [2.05, 4.69) is 110 Å². The number of alkyl carbamates (subject to hydrolysis) is 1. The number of H-pyrrole nitrogens is 2. The Hall–Kier alpha value is -5.65. The molecule has 3 amide bonds. The molecule has 0 spiro atoms. The molecule has 1 aliphatic rings. The number of fused-ring (bicyclic) bond motifs is 1. The minimum Gasteiger partial charge on any atom is -0.453 e. The van der Waals surface area contributed by atoms with Gasteiger partial charge in [-0.3, -0.25) is 9.69 Å². The molecule has 3 aromatic carbocycles. The second-order valence-electron chi connectivity index (χ2n) is 14.5. The molecule has 12 nitrogen and oxygen atoms in total.